The van der Waals surface area contributed by atoms with Crippen LogP contribution in [0.25, 0.3) is 0 Å². The molecule has 0 aliphatic carbocycles. The molecule has 0 unspecified atom stereocenters. The topological polar surface area (TPSA) is 107 Å². The van der Waals surface area contributed by atoms with Gasteiger partial charge in [-0.15, -0.1) is 0 Å². The highest BCUT2D eigenvalue weighted by atomic mass is 16.5. The number of alkyl carbamates (subject to hydrolysis) is 1. The summed E-state index contributed by atoms with van der Waals surface area (Å²) in [6.45, 7) is 0.451. The molecule has 0 aromatic heterocycles. The minimum absolute atomic E-state index is 0.203. The van der Waals surface area contributed by atoms with Crippen LogP contribution in [-0.4, -0.2) is 24.6 Å². The molecule has 2 amide bonds. The summed E-state index contributed by atoms with van der Waals surface area (Å²) in [6.07, 6.45) is -0.258. The summed E-state index contributed by atoms with van der Waals surface area (Å²) >= 11 is 0. The van der Waals surface area contributed by atoms with Crippen LogP contribution in [0.15, 0.2) is 30.3 Å². The van der Waals surface area contributed by atoms with Crippen molar-refractivity contribution in [1.82, 2.24) is 5.32 Å². The number of amides is 2. The Kier molecular flexibility index (Phi) is 5.66. The van der Waals surface area contributed by atoms with Gasteiger partial charge in [0.1, 0.15) is 6.61 Å². The summed E-state index contributed by atoms with van der Waals surface area (Å²) in [5.74, 6) is -0.588. The first kappa shape index (κ1) is 14.0. The third-order valence-electron chi connectivity index (χ3n) is 2.30. The van der Waals surface area contributed by atoms with E-state index < -0.39 is 18.0 Å². The van der Waals surface area contributed by atoms with Crippen LogP contribution in [0.2, 0.25) is 0 Å². The van der Waals surface area contributed by atoms with Crippen LogP contribution in [0.5, 0.6) is 0 Å². The lowest BCUT2D eigenvalue weighted by Crippen LogP contribution is -2.39. The molecule has 0 bridgehead atoms. The van der Waals surface area contributed by atoms with Crippen LogP contribution in [-0.2, 0) is 16.1 Å². The average Bonchev–Trinajstić information content (AvgIpc) is 2.37. The number of hydrogen-bond donors (Lipinski definition) is 3. The van der Waals surface area contributed by atoms with Crippen molar-refractivity contribution in [2.45, 2.75) is 19.1 Å². The number of rotatable bonds is 6. The number of carbonyl (C=O) groups is 2. The van der Waals surface area contributed by atoms with E-state index in [0.29, 0.717) is 0 Å². The maximum atomic E-state index is 11.3. The van der Waals surface area contributed by atoms with Crippen molar-refractivity contribution in [3.8, 4) is 0 Å². The van der Waals surface area contributed by atoms with Crippen LogP contribution in [0.3, 0.4) is 0 Å². The number of nitrogens with one attached hydrogen (secondary N) is 1. The van der Waals surface area contributed by atoms with Crippen molar-refractivity contribution in [2.75, 3.05) is 6.54 Å². The van der Waals surface area contributed by atoms with Crippen molar-refractivity contribution in [1.29, 1.82) is 0 Å². The van der Waals surface area contributed by atoms with E-state index in [-0.39, 0.29) is 19.6 Å². The smallest absolute Gasteiger partial charge is 0.407 e. The van der Waals surface area contributed by atoms with Crippen LogP contribution >= 0.6 is 0 Å². The Balaban J connectivity index is 2.17. The van der Waals surface area contributed by atoms with Gasteiger partial charge in [0, 0.05) is 6.54 Å². The van der Waals surface area contributed by atoms with Gasteiger partial charge in [0.15, 0.2) is 0 Å². The molecule has 1 aromatic carbocycles. The van der Waals surface area contributed by atoms with E-state index in [1.807, 2.05) is 30.3 Å². The van der Waals surface area contributed by atoms with E-state index in [0.717, 1.165) is 5.56 Å². The van der Waals surface area contributed by atoms with Gasteiger partial charge in [-0.05, 0) is 12.0 Å². The quantitative estimate of drug-likeness (QED) is 0.667. The number of benzene rings is 1. The fourth-order valence-corrected chi connectivity index (χ4v) is 1.25. The van der Waals surface area contributed by atoms with E-state index in [1.165, 1.54) is 0 Å². The highest BCUT2D eigenvalue weighted by Crippen LogP contribution is 2.00. The largest absolute Gasteiger partial charge is 0.445 e. The molecule has 0 saturated heterocycles. The minimum atomic E-state index is -0.751. The molecule has 0 aliphatic rings. The van der Waals surface area contributed by atoms with Crippen LogP contribution in [0, 0.1) is 0 Å². The maximum Gasteiger partial charge on any atom is 0.407 e. The molecule has 1 rings (SSSR count). The molecule has 0 spiro atoms. The fraction of sp³-hybridized carbons (Fsp3) is 0.333. The summed E-state index contributed by atoms with van der Waals surface area (Å²) in [5.41, 5.74) is 11.3. The predicted octanol–water partition coefficient (Wildman–Crippen LogP) is 0.115. The normalized spacial score (nSPS) is 11.6. The summed E-state index contributed by atoms with van der Waals surface area (Å²) in [6, 6.07) is 8.58. The van der Waals surface area contributed by atoms with Gasteiger partial charge in [-0.25, -0.2) is 4.79 Å². The van der Waals surface area contributed by atoms with Gasteiger partial charge >= 0.3 is 6.09 Å². The van der Waals surface area contributed by atoms with Gasteiger partial charge in [-0.2, -0.15) is 0 Å². The predicted molar refractivity (Wildman–Crippen MR) is 66.4 cm³/mol. The lowest BCUT2D eigenvalue weighted by Gasteiger charge is -2.09. The number of hydrogen-bond acceptors (Lipinski definition) is 4. The zero-order valence-corrected chi connectivity index (χ0v) is 9.96. The molecular formula is C12H17N3O3. The molecule has 18 heavy (non-hydrogen) atoms. The molecule has 0 aliphatic heterocycles. The van der Waals surface area contributed by atoms with Crippen LogP contribution < -0.4 is 16.8 Å². The highest BCUT2D eigenvalue weighted by Gasteiger charge is 2.09. The Morgan fingerprint density at radius 3 is 2.56 bits per heavy atom. The van der Waals surface area contributed by atoms with E-state index in [4.69, 9.17) is 16.2 Å². The van der Waals surface area contributed by atoms with Gasteiger partial charge in [-0.3, -0.25) is 4.79 Å². The molecule has 0 saturated carbocycles. The van der Waals surface area contributed by atoms with E-state index in [1.54, 1.807) is 0 Å². The molecule has 1 aromatic rings. The SMILES string of the molecule is NC(=O)[C@@H](N)CCNC(=O)OCc1ccccc1. The summed E-state index contributed by atoms with van der Waals surface area (Å²) in [5, 5.41) is 2.49. The van der Waals surface area contributed by atoms with Crippen molar-refractivity contribution in [3.63, 3.8) is 0 Å². The number of primary amides is 1. The molecule has 6 nitrogen and oxygen atoms in total. The van der Waals surface area contributed by atoms with Crippen molar-refractivity contribution >= 4 is 12.0 Å². The molecule has 6 heteroatoms. The summed E-state index contributed by atoms with van der Waals surface area (Å²) < 4.78 is 4.96. The zero-order chi connectivity index (χ0) is 13.4. The van der Waals surface area contributed by atoms with E-state index in [9.17, 15) is 9.59 Å². The average molecular weight is 251 g/mol. The van der Waals surface area contributed by atoms with Crippen LogP contribution in [0.4, 0.5) is 4.79 Å². The molecule has 98 valence electrons. The molecule has 0 fully saturated rings. The minimum Gasteiger partial charge on any atom is -0.445 e. The Morgan fingerprint density at radius 2 is 1.94 bits per heavy atom. The number of ether oxygens (including phenoxy) is 1. The van der Waals surface area contributed by atoms with Gasteiger partial charge < -0.3 is 21.5 Å². The highest BCUT2D eigenvalue weighted by molar-refractivity contribution is 5.79. The first-order valence-corrected chi connectivity index (χ1v) is 5.59. The van der Waals surface area contributed by atoms with Crippen molar-refractivity contribution in [2.24, 2.45) is 11.5 Å². The lowest BCUT2D eigenvalue weighted by molar-refractivity contribution is -0.119. The second-order valence-corrected chi connectivity index (χ2v) is 3.79. The van der Waals surface area contributed by atoms with Gasteiger partial charge in [0.25, 0.3) is 0 Å². The number of nitrogens with two attached hydrogens (primary N) is 2. The first-order valence-electron chi connectivity index (χ1n) is 5.59. The first-order chi connectivity index (χ1) is 8.59. The molecular weight excluding hydrogens is 234 g/mol. The molecule has 0 heterocycles. The van der Waals surface area contributed by atoms with Gasteiger partial charge in [-0.1, -0.05) is 30.3 Å². The number of carbonyl (C=O) groups excluding carboxylic acids is 2. The van der Waals surface area contributed by atoms with Crippen LogP contribution in [0.1, 0.15) is 12.0 Å². The summed E-state index contributed by atoms with van der Waals surface area (Å²) in [4.78, 5) is 21.9. The third-order valence-corrected chi connectivity index (χ3v) is 2.30. The monoisotopic (exact) mass is 251 g/mol. The van der Waals surface area contributed by atoms with E-state index >= 15 is 0 Å². The Labute approximate surface area is 105 Å². The Hall–Kier alpha value is -2.08. The zero-order valence-electron chi connectivity index (χ0n) is 9.96. The summed E-state index contributed by atoms with van der Waals surface area (Å²) in [7, 11) is 0. The second-order valence-electron chi connectivity index (χ2n) is 3.79. The molecule has 0 radical (unpaired) electrons. The fourth-order valence-electron chi connectivity index (χ4n) is 1.25. The molecule has 5 N–H and O–H groups in total. The Morgan fingerprint density at radius 1 is 1.28 bits per heavy atom. The second kappa shape index (κ2) is 7.29. The van der Waals surface area contributed by atoms with E-state index in [2.05, 4.69) is 5.32 Å². The van der Waals surface area contributed by atoms with Gasteiger partial charge in [0.2, 0.25) is 5.91 Å². The third kappa shape index (κ3) is 5.31. The van der Waals surface area contributed by atoms with Crippen molar-refractivity contribution in [3.05, 3.63) is 35.9 Å². The maximum absolute atomic E-state index is 11.3. The molecule has 1 atom stereocenters. The standard InChI is InChI=1S/C12H17N3O3/c13-10(11(14)16)6-7-15-12(17)18-8-9-4-2-1-3-5-9/h1-5,10H,6-8,13H2,(H2,14,16)(H,15,17)/t10-/m0/s1. The lowest BCUT2D eigenvalue weighted by atomic mass is 10.2. The Bertz CT molecular complexity index is 395. The van der Waals surface area contributed by atoms with Gasteiger partial charge in [0.05, 0.1) is 6.04 Å². The van der Waals surface area contributed by atoms with Crippen molar-refractivity contribution < 1.29 is 14.3 Å².